The van der Waals surface area contributed by atoms with Crippen molar-refractivity contribution in [2.45, 2.75) is 45.6 Å². The molecule has 24 heavy (non-hydrogen) atoms. The van der Waals surface area contributed by atoms with Crippen LogP contribution in [0.4, 0.5) is 4.79 Å². The van der Waals surface area contributed by atoms with Crippen molar-refractivity contribution < 1.29 is 19.5 Å². The number of hydrogen-bond acceptors (Lipinski definition) is 5. The smallest absolute Gasteiger partial charge is 0.407 e. The summed E-state index contributed by atoms with van der Waals surface area (Å²) in [7, 11) is 2.98. The second-order valence-electron chi connectivity index (χ2n) is 7.14. The number of amides is 2. The standard InChI is InChI=1S/C16H25N3O4S/c1-16(2,3)12-8-10(6-7-19(12)15(21)22)13-17-11(9-24-13)14(20)18(4)23-5/h9-10,12H,6-8H2,1-5H3,(H,21,22). The minimum Gasteiger partial charge on any atom is -0.465 e. The Morgan fingerprint density at radius 3 is 2.67 bits per heavy atom. The molecule has 7 nitrogen and oxygen atoms in total. The molecule has 1 saturated heterocycles. The summed E-state index contributed by atoms with van der Waals surface area (Å²) < 4.78 is 0. The van der Waals surface area contributed by atoms with Crippen molar-refractivity contribution in [3.8, 4) is 0 Å². The van der Waals surface area contributed by atoms with Gasteiger partial charge in [0.15, 0.2) is 0 Å². The molecule has 1 aromatic heterocycles. The van der Waals surface area contributed by atoms with E-state index < -0.39 is 6.09 Å². The molecule has 2 rings (SSSR count). The summed E-state index contributed by atoms with van der Waals surface area (Å²) in [6.07, 6.45) is 0.571. The van der Waals surface area contributed by atoms with E-state index in [-0.39, 0.29) is 23.3 Å². The number of hydroxylamine groups is 2. The molecule has 0 bridgehead atoms. The summed E-state index contributed by atoms with van der Waals surface area (Å²) in [6, 6.07) is -0.0709. The second kappa shape index (κ2) is 7.06. The topological polar surface area (TPSA) is 83.0 Å². The number of carbonyl (C=O) groups is 2. The maximum Gasteiger partial charge on any atom is 0.407 e. The largest absolute Gasteiger partial charge is 0.465 e. The van der Waals surface area contributed by atoms with E-state index in [1.165, 1.54) is 23.3 Å². The molecule has 0 aromatic carbocycles. The molecule has 0 aliphatic carbocycles. The Morgan fingerprint density at radius 1 is 1.46 bits per heavy atom. The SMILES string of the molecule is CON(C)C(=O)c1csc(C2CCN(C(=O)O)C(C(C)(C)C)C2)n1. The predicted molar refractivity (Wildman–Crippen MR) is 91.2 cm³/mol. The molecule has 0 saturated carbocycles. The van der Waals surface area contributed by atoms with Crippen LogP contribution in [-0.2, 0) is 4.84 Å². The number of carboxylic acid groups (broad SMARTS) is 1. The van der Waals surface area contributed by atoms with Crippen molar-refractivity contribution in [2.24, 2.45) is 5.41 Å². The van der Waals surface area contributed by atoms with Crippen LogP contribution < -0.4 is 0 Å². The molecule has 2 heterocycles. The van der Waals surface area contributed by atoms with Gasteiger partial charge >= 0.3 is 6.09 Å². The van der Waals surface area contributed by atoms with Gasteiger partial charge in [0.1, 0.15) is 5.69 Å². The number of hydrogen-bond donors (Lipinski definition) is 1. The van der Waals surface area contributed by atoms with E-state index in [1.807, 2.05) is 0 Å². The van der Waals surface area contributed by atoms with E-state index in [0.717, 1.165) is 22.9 Å². The second-order valence-corrected chi connectivity index (χ2v) is 8.02. The molecule has 0 radical (unpaired) electrons. The van der Waals surface area contributed by atoms with Gasteiger partial charge in [-0.3, -0.25) is 9.63 Å². The van der Waals surface area contributed by atoms with Crippen LogP contribution in [-0.4, -0.2) is 58.8 Å². The maximum absolute atomic E-state index is 12.1. The third-order valence-corrected chi connectivity index (χ3v) is 5.51. The maximum atomic E-state index is 12.1. The van der Waals surface area contributed by atoms with E-state index in [1.54, 1.807) is 12.4 Å². The van der Waals surface area contributed by atoms with Crippen LogP contribution >= 0.6 is 11.3 Å². The van der Waals surface area contributed by atoms with Gasteiger partial charge in [-0.15, -0.1) is 11.3 Å². The Hall–Kier alpha value is -1.67. The number of rotatable bonds is 3. The number of nitrogens with zero attached hydrogens (tertiary/aromatic N) is 3. The molecule has 1 aliphatic rings. The van der Waals surface area contributed by atoms with Crippen molar-refractivity contribution in [3.05, 3.63) is 16.1 Å². The molecule has 1 aromatic rings. The fourth-order valence-electron chi connectivity index (χ4n) is 3.06. The Kier molecular flexibility index (Phi) is 5.49. The molecule has 1 N–H and O–H groups in total. The normalized spacial score (nSPS) is 21.6. The Bertz CT molecular complexity index is 611. The minimum atomic E-state index is -0.870. The Labute approximate surface area is 146 Å². The first-order valence-corrected chi connectivity index (χ1v) is 8.80. The zero-order valence-corrected chi connectivity index (χ0v) is 15.6. The van der Waals surface area contributed by atoms with Gasteiger partial charge in [0, 0.05) is 30.9 Å². The van der Waals surface area contributed by atoms with E-state index >= 15 is 0 Å². The highest BCUT2D eigenvalue weighted by Crippen LogP contribution is 2.39. The summed E-state index contributed by atoms with van der Waals surface area (Å²) in [5, 5.41) is 13.2. The zero-order chi connectivity index (χ0) is 18.1. The number of carbonyl (C=O) groups excluding carboxylic acids is 1. The van der Waals surface area contributed by atoms with Crippen molar-refractivity contribution in [1.82, 2.24) is 14.9 Å². The summed E-state index contributed by atoms with van der Waals surface area (Å²) in [5.74, 6) is -0.112. The highest BCUT2D eigenvalue weighted by molar-refractivity contribution is 7.09. The lowest BCUT2D eigenvalue weighted by Gasteiger charge is -2.44. The molecule has 2 atom stereocenters. The van der Waals surface area contributed by atoms with Gasteiger partial charge in [-0.1, -0.05) is 20.8 Å². The van der Waals surface area contributed by atoms with Crippen molar-refractivity contribution in [3.63, 3.8) is 0 Å². The fraction of sp³-hybridized carbons (Fsp3) is 0.688. The monoisotopic (exact) mass is 355 g/mol. The van der Waals surface area contributed by atoms with Gasteiger partial charge in [-0.25, -0.2) is 14.8 Å². The summed E-state index contributed by atoms with van der Waals surface area (Å²) >= 11 is 1.45. The van der Waals surface area contributed by atoms with Crippen LogP contribution in [0.5, 0.6) is 0 Å². The highest BCUT2D eigenvalue weighted by atomic mass is 32.1. The van der Waals surface area contributed by atoms with Crippen molar-refractivity contribution >= 4 is 23.3 Å². The number of thiazole rings is 1. The third kappa shape index (κ3) is 3.87. The molecule has 1 fully saturated rings. The van der Waals surface area contributed by atoms with Crippen molar-refractivity contribution in [2.75, 3.05) is 20.7 Å². The number of aromatic nitrogens is 1. The molecule has 2 amide bonds. The average molecular weight is 355 g/mol. The van der Waals surface area contributed by atoms with Crippen LogP contribution in [0.1, 0.15) is 55.0 Å². The molecular weight excluding hydrogens is 330 g/mol. The van der Waals surface area contributed by atoms with E-state index in [2.05, 4.69) is 25.8 Å². The lowest BCUT2D eigenvalue weighted by Crippen LogP contribution is -2.51. The number of likely N-dealkylation sites (tertiary alicyclic amines) is 1. The van der Waals surface area contributed by atoms with Gasteiger partial charge in [0.05, 0.1) is 12.1 Å². The average Bonchev–Trinajstić information content (AvgIpc) is 3.01. The van der Waals surface area contributed by atoms with Crippen LogP contribution in [0.15, 0.2) is 5.38 Å². The van der Waals surface area contributed by atoms with E-state index in [9.17, 15) is 14.7 Å². The van der Waals surface area contributed by atoms with Crippen LogP contribution in [0.3, 0.4) is 0 Å². The van der Waals surface area contributed by atoms with E-state index in [4.69, 9.17) is 4.84 Å². The first kappa shape index (κ1) is 18.7. The first-order chi connectivity index (χ1) is 11.1. The van der Waals surface area contributed by atoms with Gasteiger partial charge in [-0.05, 0) is 18.3 Å². The molecule has 134 valence electrons. The van der Waals surface area contributed by atoms with Gasteiger partial charge in [0.2, 0.25) is 0 Å². The quantitative estimate of drug-likeness (QED) is 0.843. The Balaban J connectivity index is 2.18. The molecule has 0 spiro atoms. The third-order valence-electron chi connectivity index (χ3n) is 4.50. The Morgan fingerprint density at radius 2 is 2.12 bits per heavy atom. The minimum absolute atomic E-state index is 0.0709. The lowest BCUT2D eigenvalue weighted by molar-refractivity contribution is -0.0760. The van der Waals surface area contributed by atoms with Crippen molar-refractivity contribution in [1.29, 1.82) is 0 Å². The fourth-order valence-corrected chi connectivity index (χ4v) is 4.00. The molecule has 1 aliphatic heterocycles. The predicted octanol–water partition coefficient (Wildman–Crippen LogP) is 3.05. The summed E-state index contributed by atoms with van der Waals surface area (Å²) in [5.41, 5.74) is 0.218. The number of piperidine rings is 1. The summed E-state index contributed by atoms with van der Waals surface area (Å²) in [4.78, 5) is 34.5. The molecule has 8 heteroatoms. The zero-order valence-electron chi connectivity index (χ0n) is 14.8. The van der Waals surface area contributed by atoms with Gasteiger partial charge in [-0.2, -0.15) is 0 Å². The van der Waals surface area contributed by atoms with Crippen LogP contribution in [0, 0.1) is 5.41 Å². The van der Waals surface area contributed by atoms with Gasteiger partial charge < -0.3 is 10.0 Å². The highest BCUT2D eigenvalue weighted by Gasteiger charge is 2.39. The first-order valence-electron chi connectivity index (χ1n) is 7.92. The lowest BCUT2D eigenvalue weighted by atomic mass is 9.77. The van der Waals surface area contributed by atoms with E-state index in [0.29, 0.717) is 12.2 Å². The van der Waals surface area contributed by atoms with Gasteiger partial charge in [0.25, 0.3) is 5.91 Å². The molecule has 2 unspecified atom stereocenters. The summed E-state index contributed by atoms with van der Waals surface area (Å²) in [6.45, 7) is 6.66. The van der Waals surface area contributed by atoms with Crippen LogP contribution in [0.2, 0.25) is 0 Å². The van der Waals surface area contributed by atoms with Crippen LogP contribution in [0.25, 0.3) is 0 Å². The molecular formula is C16H25N3O4S.